The lowest BCUT2D eigenvalue weighted by Crippen LogP contribution is -2.33. The molecule has 0 aromatic carbocycles. The molecule has 6 heteroatoms. The highest BCUT2D eigenvalue weighted by atomic mass is 32.2. The van der Waals surface area contributed by atoms with Gasteiger partial charge in [-0.15, -0.1) is 10.2 Å². The molecule has 0 saturated carbocycles. The van der Waals surface area contributed by atoms with Crippen LogP contribution in [0.2, 0.25) is 0 Å². The smallest absolute Gasteiger partial charge is 0.208 e. The lowest BCUT2D eigenvalue weighted by Gasteiger charge is -2.18. The van der Waals surface area contributed by atoms with Gasteiger partial charge >= 0.3 is 0 Å². The monoisotopic (exact) mass is 260 g/mol. The molecule has 0 aliphatic carbocycles. The van der Waals surface area contributed by atoms with E-state index in [1.165, 1.54) is 0 Å². The van der Waals surface area contributed by atoms with Gasteiger partial charge in [0.05, 0.1) is 0 Å². The van der Waals surface area contributed by atoms with Gasteiger partial charge in [0, 0.05) is 25.4 Å². The van der Waals surface area contributed by atoms with Gasteiger partial charge in [-0.05, 0) is 13.5 Å². The SMILES string of the molecule is CCNC(C)C(C)Sc1nnc(N(C)C)s1. The van der Waals surface area contributed by atoms with Gasteiger partial charge in [0.2, 0.25) is 5.13 Å². The maximum absolute atomic E-state index is 4.18. The molecule has 0 aliphatic rings. The van der Waals surface area contributed by atoms with E-state index < -0.39 is 0 Å². The highest BCUT2D eigenvalue weighted by Crippen LogP contribution is 2.30. The number of aromatic nitrogens is 2. The highest BCUT2D eigenvalue weighted by Gasteiger charge is 2.15. The topological polar surface area (TPSA) is 41.1 Å². The first-order chi connectivity index (χ1) is 7.54. The largest absolute Gasteiger partial charge is 0.353 e. The van der Waals surface area contributed by atoms with Gasteiger partial charge in [0.1, 0.15) is 0 Å². The van der Waals surface area contributed by atoms with Crippen LogP contribution in [0.5, 0.6) is 0 Å². The first-order valence-corrected chi connectivity index (χ1v) is 7.15. The van der Waals surface area contributed by atoms with Gasteiger partial charge in [-0.1, -0.05) is 36.9 Å². The summed E-state index contributed by atoms with van der Waals surface area (Å²) >= 11 is 3.43. The van der Waals surface area contributed by atoms with E-state index in [9.17, 15) is 0 Å². The second kappa shape index (κ2) is 6.42. The number of thioether (sulfide) groups is 1. The van der Waals surface area contributed by atoms with Crippen LogP contribution in [0.25, 0.3) is 0 Å². The van der Waals surface area contributed by atoms with Crippen molar-refractivity contribution in [3.8, 4) is 0 Å². The quantitative estimate of drug-likeness (QED) is 0.793. The minimum Gasteiger partial charge on any atom is -0.353 e. The summed E-state index contributed by atoms with van der Waals surface area (Å²) in [5, 5.41) is 13.2. The predicted molar refractivity (Wildman–Crippen MR) is 72.7 cm³/mol. The number of nitrogens with one attached hydrogen (secondary N) is 1. The van der Waals surface area contributed by atoms with E-state index in [-0.39, 0.29) is 0 Å². The highest BCUT2D eigenvalue weighted by molar-refractivity contribution is 8.01. The third-order valence-electron chi connectivity index (χ3n) is 2.30. The van der Waals surface area contributed by atoms with Crippen LogP contribution < -0.4 is 10.2 Å². The van der Waals surface area contributed by atoms with Gasteiger partial charge in [0.15, 0.2) is 4.34 Å². The standard InChI is InChI=1S/C10H20N4S2/c1-6-11-7(2)8(3)15-10-13-12-9(16-10)14(4)5/h7-8,11H,6H2,1-5H3. The summed E-state index contributed by atoms with van der Waals surface area (Å²) in [7, 11) is 3.97. The molecule has 0 saturated heterocycles. The Hall–Kier alpha value is -0.330. The first kappa shape index (κ1) is 13.7. The molecular weight excluding hydrogens is 240 g/mol. The average molecular weight is 260 g/mol. The van der Waals surface area contributed by atoms with Crippen molar-refractivity contribution in [3.63, 3.8) is 0 Å². The van der Waals surface area contributed by atoms with Gasteiger partial charge in [-0.2, -0.15) is 0 Å². The maximum atomic E-state index is 4.18. The van der Waals surface area contributed by atoms with Crippen molar-refractivity contribution in [1.29, 1.82) is 0 Å². The number of hydrogen-bond acceptors (Lipinski definition) is 6. The molecule has 0 amide bonds. The summed E-state index contributed by atoms with van der Waals surface area (Å²) < 4.78 is 1.04. The Labute approximate surface area is 106 Å². The summed E-state index contributed by atoms with van der Waals surface area (Å²) in [6, 6.07) is 0.488. The van der Waals surface area contributed by atoms with Crippen LogP contribution in [0.4, 0.5) is 5.13 Å². The van der Waals surface area contributed by atoms with Crippen molar-refractivity contribution in [2.24, 2.45) is 0 Å². The third-order valence-corrected chi connectivity index (χ3v) is 4.78. The molecule has 1 rings (SSSR count). The zero-order valence-electron chi connectivity index (χ0n) is 10.5. The van der Waals surface area contributed by atoms with E-state index >= 15 is 0 Å². The maximum Gasteiger partial charge on any atom is 0.208 e. The summed E-state index contributed by atoms with van der Waals surface area (Å²) in [5.41, 5.74) is 0. The van der Waals surface area contributed by atoms with Crippen molar-refractivity contribution in [2.75, 3.05) is 25.5 Å². The molecule has 1 aromatic rings. The Morgan fingerprint density at radius 3 is 2.56 bits per heavy atom. The second-order valence-corrected chi connectivity index (χ2v) is 6.49. The zero-order valence-corrected chi connectivity index (χ0v) is 12.2. The van der Waals surface area contributed by atoms with Gasteiger partial charge < -0.3 is 10.2 Å². The number of nitrogens with zero attached hydrogens (tertiary/aromatic N) is 3. The second-order valence-electron chi connectivity index (χ2n) is 3.91. The average Bonchev–Trinajstić information content (AvgIpc) is 2.66. The Morgan fingerprint density at radius 1 is 1.38 bits per heavy atom. The fourth-order valence-electron chi connectivity index (χ4n) is 1.18. The molecule has 1 heterocycles. The molecule has 0 fully saturated rings. The van der Waals surface area contributed by atoms with E-state index in [4.69, 9.17) is 0 Å². The minimum atomic E-state index is 0.488. The molecule has 2 atom stereocenters. The Kier molecular flexibility index (Phi) is 5.51. The van der Waals surface area contributed by atoms with E-state index in [0.29, 0.717) is 11.3 Å². The molecule has 1 aromatic heterocycles. The van der Waals surface area contributed by atoms with Crippen LogP contribution in [0.15, 0.2) is 4.34 Å². The molecule has 0 radical (unpaired) electrons. The van der Waals surface area contributed by atoms with Crippen molar-refractivity contribution in [2.45, 2.75) is 36.4 Å². The van der Waals surface area contributed by atoms with Crippen LogP contribution in [0, 0.1) is 0 Å². The number of hydrogen-bond donors (Lipinski definition) is 1. The van der Waals surface area contributed by atoms with Crippen LogP contribution in [-0.2, 0) is 0 Å². The normalized spacial score (nSPS) is 14.8. The van der Waals surface area contributed by atoms with E-state index in [1.54, 1.807) is 23.1 Å². The minimum absolute atomic E-state index is 0.488. The third kappa shape index (κ3) is 3.92. The Balaban J connectivity index is 2.52. The van der Waals surface area contributed by atoms with Gasteiger partial charge in [-0.25, -0.2) is 0 Å². The first-order valence-electron chi connectivity index (χ1n) is 5.45. The summed E-state index contributed by atoms with van der Waals surface area (Å²) in [5.74, 6) is 0. The lowest BCUT2D eigenvalue weighted by molar-refractivity contribution is 0.563. The van der Waals surface area contributed by atoms with Crippen molar-refractivity contribution in [1.82, 2.24) is 15.5 Å². The van der Waals surface area contributed by atoms with Crippen molar-refractivity contribution >= 4 is 28.2 Å². The van der Waals surface area contributed by atoms with Crippen molar-refractivity contribution < 1.29 is 0 Å². The molecule has 4 nitrogen and oxygen atoms in total. The Bertz CT molecular complexity index is 314. The molecule has 92 valence electrons. The fourth-order valence-corrected chi connectivity index (χ4v) is 3.26. The predicted octanol–water partition coefficient (Wildman–Crippen LogP) is 2.08. The molecule has 0 aliphatic heterocycles. The summed E-state index contributed by atoms with van der Waals surface area (Å²) in [4.78, 5) is 1.99. The Morgan fingerprint density at radius 2 is 2.06 bits per heavy atom. The van der Waals surface area contributed by atoms with Crippen LogP contribution in [-0.4, -0.2) is 42.1 Å². The summed E-state index contributed by atoms with van der Waals surface area (Å²) in [6.45, 7) is 7.55. The molecule has 1 N–H and O–H groups in total. The zero-order chi connectivity index (χ0) is 12.1. The van der Waals surface area contributed by atoms with Crippen LogP contribution >= 0.6 is 23.1 Å². The van der Waals surface area contributed by atoms with E-state index in [1.807, 2.05) is 19.0 Å². The number of rotatable bonds is 6. The molecular formula is C10H20N4S2. The molecule has 2 unspecified atom stereocenters. The van der Waals surface area contributed by atoms with Gasteiger partial charge in [0.25, 0.3) is 0 Å². The molecule has 16 heavy (non-hydrogen) atoms. The number of anilines is 1. The van der Waals surface area contributed by atoms with Crippen molar-refractivity contribution in [3.05, 3.63) is 0 Å². The van der Waals surface area contributed by atoms with Crippen LogP contribution in [0.3, 0.4) is 0 Å². The fraction of sp³-hybridized carbons (Fsp3) is 0.800. The molecule has 0 spiro atoms. The van der Waals surface area contributed by atoms with E-state index in [0.717, 1.165) is 16.0 Å². The lowest BCUT2D eigenvalue weighted by atomic mass is 10.2. The molecule has 0 bridgehead atoms. The van der Waals surface area contributed by atoms with Gasteiger partial charge in [-0.3, -0.25) is 0 Å². The van der Waals surface area contributed by atoms with Crippen LogP contribution in [0.1, 0.15) is 20.8 Å². The van der Waals surface area contributed by atoms with E-state index in [2.05, 4.69) is 36.3 Å². The summed E-state index contributed by atoms with van der Waals surface area (Å²) in [6.07, 6.45) is 0.